The third-order valence-corrected chi connectivity index (χ3v) is 1.46. The highest BCUT2D eigenvalue weighted by Crippen LogP contribution is 1.92. The van der Waals surface area contributed by atoms with Gasteiger partial charge >= 0.3 is 0 Å². The SMILES string of the molecule is COCCO[C@@H](CO)CS. The Kier molecular flexibility index (Phi) is 7.51. The third-order valence-electron chi connectivity index (χ3n) is 1.05. The Labute approximate surface area is 66.7 Å². The Morgan fingerprint density at radius 3 is 2.60 bits per heavy atom. The van der Waals surface area contributed by atoms with Gasteiger partial charge in [0.1, 0.15) is 0 Å². The molecule has 0 aliphatic carbocycles. The Morgan fingerprint density at radius 1 is 1.50 bits per heavy atom. The lowest BCUT2D eigenvalue weighted by Gasteiger charge is -2.11. The minimum absolute atomic E-state index is 0.0210. The third kappa shape index (κ3) is 5.05. The van der Waals surface area contributed by atoms with E-state index >= 15 is 0 Å². The monoisotopic (exact) mass is 166 g/mol. The van der Waals surface area contributed by atoms with Crippen LogP contribution in [0.5, 0.6) is 0 Å². The van der Waals surface area contributed by atoms with E-state index in [1.807, 2.05) is 0 Å². The lowest BCUT2D eigenvalue weighted by molar-refractivity contribution is 0.00157. The van der Waals surface area contributed by atoms with Crippen LogP contribution in [0.15, 0.2) is 0 Å². The van der Waals surface area contributed by atoms with E-state index in [4.69, 9.17) is 14.6 Å². The average Bonchev–Trinajstić information content (AvgIpc) is 1.99. The molecule has 0 saturated carbocycles. The largest absolute Gasteiger partial charge is 0.394 e. The fraction of sp³-hybridized carbons (Fsp3) is 1.00. The summed E-state index contributed by atoms with van der Waals surface area (Å²) in [6, 6.07) is 0. The van der Waals surface area contributed by atoms with Crippen LogP contribution in [-0.4, -0.2) is 43.9 Å². The van der Waals surface area contributed by atoms with Crippen molar-refractivity contribution in [1.82, 2.24) is 0 Å². The first-order valence-corrected chi connectivity index (χ1v) is 3.80. The standard InChI is InChI=1S/C6H14O3S/c1-8-2-3-9-6(4-7)5-10/h6-7,10H,2-5H2,1H3/t6-/m0/s1. The van der Waals surface area contributed by atoms with E-state index in [0.717, 1.165) is 0 Å². The second kappa shape index (κ2) is 7.34. The van der Waals surface area contributed by atoms with Crippen LogP contribution < -0.4 is 0 Å². The predicted molar refractivity (Wildman–Crippen MR) is 42.6 cm³/mol. The minimum atomic E-state index is -0.154. The van der Waals surface area contributed by atoms with Crippen LogP contribution in [0.4, 0.5) is 0 Å². The van der Waals surface area contributed by atoms with Gasteiger partial charge in [0.05, 0.1) is 25.9 Å². The lowest BCUT2D eigenvalue weighted by Crippen LogP contribution is -2.21. The summed E-state index contributed by atoms with van der Waals surface area (Å²) in [6.07, 6.45) is -0.154. The first-order chi connectivity index (χ1) is 4.85. The van der Waals surface area contributed by atoms with E-state index in [0.29, 0.717) is 19.0 Å². The van der Waals surface area contributed by atoms with E-state index in [-0.39, 0.29) is 12.7 Å². The number of methoxy groups -OCH3 is 1. The second-order valence-corrected chi connectivity index (χ2v) is 2.22. The van der Waals surface area contributed by atoms with Crippen molar-refractivity contribution < 1.29 is 14.6 Å². The first kappa shape index (κ1) is 10.2. The van der Waals surface area contributed by atoms with Crippen molar-refractivity contribution in [3.8, 4) is 0 Å². The summed E-state index contributed by atoms with van der Waals surface area (Å²) in [6.45, 7) is 1.10. The van der Waals surface area contributed by atoms with Crippen molar-refractivity contribution >= 4 is 12.6 Å². The molecule has 0 bridgehead atoms. The highest BCUT2D eigenvalue weighted by molar-refractivity contribution is 7.80. The lowest BCUT2D eigenvalue weighted by atomic mass is 10.4. The van der Waals surface area contributed by atoms with Gasteiger partial charge in [-0.15, -0.1) is 0 Å². The molecule has 0 rings (SSSR count). The maximum atomic E-state index is 8.61. The Hall–Kier alpha value is 0.230. The van der Waals surface area contributed by atoms with Gasteiger partial charge in [-0.3, -0.25) is 0 Å². The molecule has 62 valence electrons. The molecule has 0 fully saturated rings. The number of thiol groups is 1. The van der Waals surface area contributed by atoms with Crippen molar-refractivity contribution in [1.29, 1.82) is 0 Å². The molecule has 0 aromatic carbocycles. The van der Waals surface area contributed by atoms with Crippen LogP contribution in [0.25, 0.3) is 0 Å². The normalized spacial score (nSPS) is 13.5. The molecule has 0 spiro atoms. The van der Waals surface area contributed by atoms with Gasteiger partial charge in [0.25, 0.3) is 0 Å². The van der Waals surface area contributed by atoms with E-state index in [2.05, 4.69) is 12.6 Å². The molecule has 0 aliphatic rings. The molecule has 0 aromatic rings. The maximum Gasteiger partial charge on any atom is 0.0894 e. The fourth-order valence-electron chi connectivity index (χ4n) is 0.461. The van der Waals surface area contributed by atoms with Crippen molar-refractivity contribution in [2.24, 2.45) is 0 Å². The number of hydrogen-bond acceptors (Lipinski definition) is 4. The molecule has 1 N–H and O–H groups in total. The van der Waals surface area contributed by atoms with Crippen molar-refractivity contribution in [3.05, 3.63) is 0 Å². The van der Waals surface area contributed by atoms with Crippen molar-refractivity contribution in [2.75, 3.05) is 32.7 Å². The predicted octanol–water partition coefficient (Wildman–Crippen LogP) is -0.0599. The van der Waals surface area contributed by atoms with Crippen LogP contribution >= 0.6 is 12.6 Å². The molecular formula is C6H14O3S. The van der Waals surface area contributed by atoms with Crippen LogP contribution in [0, 0.1) is 0 Å². The van der Waals surface area contributed by atoms with Crippen LogP contribution in [-0.2, 0) is 9.47 Å². The molecule has 0 saturated heterocycles. The number of rotatable bonds is 6. The average molecular weight is 166 g/mol. The van der Waals surface area contributed by atoms with E-state index < -0.39 is 0 Å². The molecule has 0 aromatic heterocycles. The minimum Gasteiger partial charge on any atom is -0.394 e. The quantitative estimate of drug-likeness (QED) is 0.429. The Morgan fingerprint density at radius 2 is 2.20 bits per heavy atom. The Bertz CT molecular complexity index is 66.0. The highest BCUT2D eigenvalue weighted by atomic mass is 32.1. The zero-order valence-electron chi connectivity index (χ0n) is 6.12. The molecule has 0 unspecified atom stereocenters. The summed E-state index contributed by atoms with van der Waals surface area (Å²) >= 11 is 3.97. The highest BCUT2D eigenvalue weighted by Gasteiger charge is 2.02. The molecule has 0 radical (unpaired) electrons. The number of aliphatic hydroxyl groups is 1. The van der Waals surface area contributed by atoms with Gasteiger partial charge in [0, 0.05) is 12.9 Å². The van der Waals surface area contributed by atoms with Crippen molar-refractivity contribution in [3.63, 3.8) is 0 Å². The molecule has 10 heavy (non-hydrogen) atoms. The summed E-state index contributed by atoms with van der Waals surface area (Å²) < 4.78 is 9.88. The van der Waals surface area contributed by atoms with Crippen LogP contribution in [0.2, 0.25) is 0 Å². The number of ether oxygens (including phenoxy) is 2. The van der Waals surface area contributed by atoms with E-state index in [1.54, 1.807) is 7.11 Å². The van der Waals surface area contributed by atoms with Gasteiger partial charge in [-0.2, -0.15) is 12.6 Å². The number of hydrogen-bond donors (Lipinski definition) is 2. The summed E-state index contributed by atoms with van der Waals surface area (Å²) in [5, 5.41) is 8.61. The van der Waals surface area contributed by atoms with E-state index in [9.17, 15) is 0 Å². The molecule has 0 amide bonds. The summed E-state index contributed by atoms with van der Waals surface area (Å²) in [5.74, 6) is 0.542. The number of aliphatic hydroxyl groups excluding tert-OH is 1. The molecule has 0 aliphatic heterocycles. The zero-order chi connectivity index (χ0) is 7.82. The van der Waals surface area contributed by atoms with Gasteiger partial charge in [-0.05, 0) is 0 Å². The molecule has 3 nitrogen and oxygen atoms in total. The Balaban J connectivity index is 3.09. The summed E-state index contributed by atoms with van der Waals surface area (Å²) in [7, 11) is 1.61. The van der Waals surface area contributed by atoms with Gasteiger partial charge in [-0.1, -0.05) is 0 Å². The summed E-state index contributed by atoms with van der Waals surface area (Å²) in [5.41, 5.74) is 0. The molecule has 0 heterocycles. The van der Waals surface area contributed by atoms with E-state index in [1.165, 1.54) is 0 Å². The molecular weight excluding hydrogens is 152 g/mol. The van der Waals surface area contributed by atoms with Crippen molar-refractivity contribution in [2.45, 2.75) is 6.10 Å². The first-order valence-electron chi connectivity index (χ1n) is 3.17. The van der Waals surface area contributed by atoms with Crippen LogP contribution in [0.3, 0.4) is 0 Å². The topological polar surface area (TPSA) is 38.7 Å². The summed E-state index contributed by atoms with van der Waals surface area (Å²) in [4.78, 5) is 0. The van der Waals surface area contributed by atoms with Gasteiger partial charge in [-0.25, -0.2) is 0 Å². The molecule has 1 atom stereocenters. The van der Waals surface area contributed by atoms with Gasteiger partial charge in [0.15, 0.2) is 0 Å². The van der Waals surface area contributed by atoms with Crippen LogP contribution in [0.1, 0.15) is 0 Å². The smallest absolute Gasteiger partial charge is 0.0894 e. The molecule has 4 heteroatoms. The maximum absolute atomic E-state index is 8.61. The second-order valence-electron chi connectivity index (χ2n) is 1.85. The fourth-order valence-corrected chi connectivity index (χ4v) is 0.682. The van der Waals surface area contributed by atoms with Gasteiger partial charge < -0.3 is 14.6 Å². The zero-order valence-corrected chi connectivity index (χ0v) is 7.01. The van der Waals surface area contributed by atoms with Gasteiger partial charge in [0.2, 0.25) is 0 Å².